The molecule has 0 saturated carbocycles. The SMILES string of the molecule is CCOC(=O)c1ccc(N2CCC([C@H](O)c3ccccc3-c3ccc(C(F)(F)F)cc3)CC2)cc1. The lowest BCUT2D eigenvalue weighted by Gasteiger charge is -2.36. The molecule has 7 heteroatoms. The fraction of sp³-hybridized carbons (Fsp3) is 0.321. The number of hydrogen-bond donors (Lipinski definition) is 1. The summed E-state index contributed by atoms with van der Waals surface area (Å²) in [6.45, 7) is 3.61. The lowest BCUT2D eigenvalue weighted by atomic mass is 9.84. The van der Waals surface area contributed by atoms with Crippen molar-refractivity contribution >= 4 is 11.7 Å². The second-order valence-corrected chi connectivity index (χ2v) is 8.70. The van der Waals surface area contributed by atoms with E-state index in [2.05, 4.69) is 4.90 Å². The van der Waals surface area contributed by atoms with Gasteiger partial charge in [-0.25, -0.2) is 4.79 Å². The van der Waals surface area contributed by atoms with Gasteiger partial charge < -0.3 is 14.7 Å². The van der Waals surface area contributed by atoms with Crippen LogP contribution < -0.4 is 4.90 Å². The molecule has 0 bridgehead atoms. The number of alkyl halides is 3. The Labute approximate surface area is 203 Å². The van der Waals surface area contributed by atoms with E-state index in [1.165, 1.54) is 12.1 Å². The maximum Gasteiger partial charge on any atom is 0.416 e. The summed E-state index contributed by atoms with van der Waals surface area (Å²) in [7, 11) is 0. The first-order valence-electron chi connectivity index (χ1n) is 11.7. The summed E-state index contributed by atoms with van der Waals surface area (Å²) >= 11 is 0. The summed E-state index contributed by atoms with van der Waals surface area (Å²) in [6, 6.07) is 19.7. The molecule has 1 fully saturated rings. The van der Waals surface area contributed by atoms with Gasteiger partial charge >= 0.3 is 12.1 Å². The molecular formula is C28H28F3NO3. The van der Waals surface area contributed by atoms with Gasteiger partial charge in [0, 0.05) is 18.8 Å². The number of rotatable bonds is 6. The van der Waals surface area contributed by atoms with Gasteiger partial charge in [-0.2, -0.15) is 13.2 Å². The first-order valence-corrected chi connectivity index (χ1v) is 11.7. The van der Waals surface area contributed by atoms with E-state index < -0.39 is 17.8 Å². The second-order valence-electron chi connectivity index (χ2n) is 8.70. The van der Waals surface area contributed by atoms with Crippen molar-refractivity contribution in [2.45, 2.75) is 32.0 Å². The van der Waals surface area contributed by atoms with Crippen molar-refractivity contribution in [3.63, 3.8) is 0 Å². The Kier molecular flexibility index (Phi) is 7.45. The van der Waals surface area contributed by atoms with E-state index in [1.807, 2.05) is 36.4 Å². The first kappa shape index (κ1) is 24.8. The number of nitrogens with zero attached hydrogens (tertiary/aromatic N) is 1. The largest absolute Gasteiger partial charge is 0.462 e. The van der Waals surface area contributed by atoms with E-state index >= 15 is 0 Å². The molecule has 4 nitrogen and oxygen atoms in total. The molecular weight excluding hydrogens is 455 g/mol. The number of carbonyl (C=O) groups excluding carboxylic acids is 1. The van der Waals surface area contributed by atoms with Crippen molar-refractivity contribution < 1.29 is 27.8 Å². The summed E-state index contributed by atoms with van der Waals surface area (Å²) in [5.74, 6) is -0.312. The predicted molar refractivity (Wildman–Crippen MR) is 129 cm³/mol. The molecule has 1 N–H and O–H groups in total. The minimum absolute atomic E-state index is 0.0284. The van der Waals surface area contributed by atoms with Crippen molar-refractivity contribution in [1.82, 2.24) is 0 Å². The molecule has 0 amide bonds. The number of piperidine rings is 1. The van der Waals surface area contributed by atoms with E-state index in [4.69, 9.17) is 4.74 Å². The summed E-state index contributed by atoms with van der Waals surface area (Å²) in [5.41, 5.74) is 2.95. The molecule has 1 saturated heterocycles. The standard InChI is InChI=1S/C28H28F3NO3/c1-2-35-27(34)21-9-13-23(14-10-21)32-17-15-20(16-18-32)26(33)25-6-4-3-5-24(25)19-7-11-22(12-8-19)28(29,30)31/h3-14,20,26,33H,2,15-18H2,1H3/t26-/m0/s1. The van der Waals surface area contributed by atoms with E-state index in [-0.39, 0.29) is 11.9 Å². The van der Waals surface area contributed by atoms with Crippen LogP contribution >= 0.6 is 0 Å². The normalized spacial score (nSPS) is 15.6. The van der Waals surface area contributed by atoms with Crippen LogP contribution in [-0.2, 0) is 10.9 Å². The molecule has 1 aliphatic rings. The smallest absolute Gasteiger partial charge is 0.416 e. The molecule has 0 aliphatic carbocycles. The summed E-state index contributed by atoms with van der Waals surface area (Å²) < 4.78 is 43.9. The third kappa shape index (κ3) is 5.68. The Balaban J connectivity index is 1.44. The fourth-order valence-corrected chi connectivity index (χ4v) is 4.61. The van der Waals surface area contributed by atoms with E-state index in [0.29, 0.717) is 17.7 Å². The van der Waals surface area contributed by atoms with Crippen LogP contribution in [0.1, 0.15) is 47.4 Å². The summed E-state index contributed by atoms with van der Waals surface area (Å²) in [5, 5.41) is 11.2. The highest BCUT2D eigenvalue weighted by atomic mass is 19.4. The number of aliphatic hydroxyl groups excluding tert-OH is 1. The third-order valence-corrected chi connectivity index (χ3v) is 6.53. The Morgan fingerprint density at radius 1 is 1.00 bits per heavy atom. The van der Waals surface area contributed by atoms with Crippen LogP contribution in [0.25, 0.3) is 11.1 Å². The number of aliphatic hydroxyl groups is 1. The molecule has 0 radical (unpaired) electrons. The fourth-order valence-electron chi connectivity index (χ4n) is 4.61. The van der Waals surface area contributed by atoms with Gasteiger partial charge in [0.15, 0.2) is 0 Å². The quantitative estimate of drug-likeness (QED) is 0.407. The number of esters is 1. The number of hydrogen-bond acceptors (Lipinski definition) is 4. The maximum absolute atomic E-state index is 12.9. The van der Waals surface area contributed by atoms with Gasteiger partial charge in [0.25, 0.3) is 0 Å². The number of halogens is 3. The second kappa shape index (κ2) is 10.5. The number of carbonyl (C=O) groups is 1. The minimum Gasteiger partial charge on any atom is -0.462 e. The van der Waals surface area contributed by atoms with Crippen LogP contribution in [0.4, 0.5) is 18.9 Å². The van der Waals surface area contributed by atoms with Gasteiger partial charge in [-0.3, -0.25) is 0 Å². The van der Waals surface area contributed by atoms with Crippen LogP contribution in [0, 0.1) is 5.92 Å². The molecule has 4 rings (SSSR count). The van der Waals surface area contributed by atoms with Gasteiger partial charge in [-0.05, 0) is 78.8 Å². The highest BCUT2D eigenvalue weighted by Crippen LogP contribution is 2.38. The van der Waals surface area contributed by atoms with Crippen LogP contribution in [0.15, 0.2) is 72.8 Å². The van der Waals surface area contributed by atoms with Crippen molar-refractivity contribution in [2.75, 3.05) is 24.6 Å². The van der Waals surface area contributed by atoms with Crippen LogP contribution in [0.5, 0.6) is 0 Å². The molecule has 3 aromatic rings. The number of benzene rings is 3. The van der Waals surface area contributed by atoms with E-state index in [0.717, 1.165) is 54.9 Å². The van der Waals surface area contributed by atoms with Crippen molar-refractivity contribution in [3.05, 3.63) is 89.5 Å². The molecule has 0 unspecified atom stereocenters. The predicted octanol–water partition coefficient (Wildman–Crippen LogP) is 6.50. The first-order chi connectivity index (χ1) is 16.8. The molecule has 0 aromatic heterocycles. The lowest BCUT2D eigenvalue weighted by Crippen LogP contribution is -2.35. The monoisotopic (exact) mass is 483 g/mol. The van der Waals surface area contributed by atoms with Crippen LogP contribution in [0.2, 0.25) is 0 Å². The van der Waals surface area contributed by atoms with Crippen LogP contribution in [0.3, 0.4) is 0 Å². The number of ether oxygens (including phenoxy) is 1. The van der Waals surface area contributed by atoms with Crippen LogP contribution in [-0.4, -0.2) is 30.8 Å². The van der Waals surface area contributed by atoms with Crippen molar-refractivity contribution in [3.8, 4) is 11.1 Å². The molecule has 1 atom stereocenters. The average molecular weight is 484 g/mol. The molecule has 3 aromatic carbocycles. The zero-order valence-electron chi connectivity index (χ0n) is 19.5. The topological polar surface area (TPSA) is 49.8 Å². The maximum atomic E-state index is 12.9. The molecule has 1 aliphatic heterocycles. The van der Waals surface area contributed by atoms with E-state index in [9.17, 15) is 23.1 Å². The Bertz CT molecular complexity index is 1140. The summed E-state index contributed by atoms with van der Waals surface area (Å²) in [6.07, 6.45) is -3.57. The third-order valence-electron chi connectivity index (χ3n) is 6.53. The molecule has 35 heavy (non-hydrogen) atoms. The van der Waals surface area contributed by atoms with Gasteiger partial charge in [0.2, 0.25) is 0 Å². The van der Waals surface area contributed by atoms with Crippen molar-refractivity contribution in [2.24, 2.45) is 5.92 Å². The number of anilines is 1. The summed E-state index contributed by atoms with van der Waals surface area (Å²) in [4.78, 5) is 14.1. The molecule has 0 spiro atoms. The zero-order valence-corrected chi connectivity index (χ0v) is 19.5. The van der Waals surface area contributed by atoms with Gasteiger partial charge in [0.05, 0.1) is 23.8 Å². The molecule has 184 valence electrons. The minimum atomic E-state index is -4.38. The lowest BCUT2D eigenvalue weighted by molar-refractivity contribution is -0.137. The van der Waals surface area contributed by atoms with Gasteiger partial charge in [-0.1, -0.05) is 36.4 Å². The highest BCUT2D eigenvalue weighted by Gasteiger charge is 2.31. The Hall–Kier alpha value is -3.32. The van der Waals surface area contributed by atoms with Gasteiger partial charge in [-0.15, -0.1) is 0 Å². The average Bonchev–Trinajstić information content (AvgIpc) is 2.88. The van der Waals surface area contributed by atoms with Gasteiger partial charge in [0.1, 0.15) is 0 Å². The Morgan fingerprint density at radius 2 is 1.63 bits per heavy atom. The zero-order chi connectivity index (χ0) is 25.0. The highest BCUT2D eigenvalue weighted by molar-refractivity contribution is 5.89. The van der Waals surface area contributed by atoms with E-state index in [1.54, 1.807) is 19.1 Å². The Morgan fingerprint density at radius 3 is 2.23 bits per heavy atom. The molecule has 1 heterocycles. The van der Waals surface area contributed by atoms with Crippen molar-refractivity contribution in [1.29, 1.82) is 0 Å².